The highest BCUT2D eigenvalue weighted by atomic mass is 16.5. The molecule has 2 aliphatic heterocycles. The number of piperidine rings is 1. The summed E-state index contributed by atoms with van der Waals surface area (Å²) in [5.74, 6) is 0. The second-order valence-corrected chi connectivity index (χ2v) is 3.99. The van der Waals surface area contributed by atoms with Crippen molar-refractivity contribution in [1.29, 1.82) is 0 Å². The van der Waals surface area contributed by atoms with Gasteiger partial charge in [-0.3, -0.25) is 4.90 Å². The number of carboxylic acid groups (broad SMARTS) is 1. The van der Waals surface area contributed by atoms with Crippen molar-refractivity contribution < 1.29 is 14.6 Å². The van der Waals surface area contributed by atoms with Gasteiger partial charge in [0.25, 0.3) is 0 Å². The summed E-state index contributed by atoms with van der Waals surface area (Å²) in [6, 6.07) is 0.513. The predicted octanol–water partition coefficient (Wildman–Crippen LogP) is 0.116. The number of nitrogens with zero attached hydrogens (tertiary/aromatic N) is 1. The normalized spacial score (nSPS) is 36.9. The van der Waals surface area contributed by atoms with Gasteiger partial charge < -0.3 is 15.2 Å². The fourth-order valence-corrected chi connectivity index (χ4v) is 2.46. The van der Waals surface area contributed by atoms with Crippen LogP contribution in [-0.4, -0.2) is 54.5 Å². The molecular formula is C9H16N2O3. The van der Waals surface area contributed by atoms with Crippen molar-refractivity contribution in [2.24, 2.45) is 0 Å². The van der Waals surface area contributed by atoms with Gasteiger partial charge in [0.05, 0.1) is 25.3 Å². The first-order chi connectivity index (χ1) is 6.72. The molecule has 0 radical (unpaired) electrons. The van der Waals surface area contributed by atoms with Crippen LogP contribution in [0.25, 0.3) is 0 Å². The SMILES string of the molecule is CN[C@H]1C[C@H]2COC[C@@H](C1)N2C(=O)O. The van der Waals surface area contributed by atoms with Gasteiger partial charge >= 0.3 is 6.09 Å². The van der Waals surface area contributed by atoms with Crippen molar-refractivity contribution in [2.75, 3.05) is 20.3 Å². The highest BCUT2D eigenvalue weighted by Crippen LogP contribution is 2.27. The maximum atomic E-state index is 11.0. The molecule has 2 fully saturated rings. The molecule has 3 atom stereocenters. The van der Waals surface area contributed by atoms with E-state index in [-0.39, 0.29) is 12.1 Å². The lowest BCUT2D eigenvalue weighted by Gasteiger charge is -2.46. The first kappa shape index (κ1) is 9.73. The molecule has 2 N–H and O–H groups in total. The lowest BCUT2D eigenvalue weighted by atomic mass is 9.90. The molecule has 0 aromatic carbocycles. The quantitative estimate of drug-likeness (QED) is 0.631. The van der Waals surface area contributed by atoms with Crippen LogP contribution in [0.1, 0.15) is 12.8 Å². The number of carbonyl (C=O) groups is 1. The molecule has 1 amide bonds. The van der Waals surface area contributed by atoms with Crippen molar-refractivity contribution in [3.8, 4) is 0 Å². The molecule has 0 aromatic rings. The maximum absolute atomic E-state index is 11.0. The number of nitrogens with one attached hydrogen (secondary N) is 1. The van der Waals surface area contributed by atoms with Gasteiger partial charge in [-0.25, -0.2) is 4.79 Å². The van der Waals surface area contributed by atoms with Gasteiger partial charge in [-0.2, -0.15) is 0 Å². The molecule has 2 bridgehead atoms. The van der Waals surface area contributed by atoms with Crippen LogP contribution in [0.4, 0.5) is 4.79 Å². The van der Waals surface area contributed by atoms with E-state index >= 15 is 0 Å². The summed E-state index contributed by atoms with van der Waals surface area (Å²) in [6.45, 7) is 1.09. The van der Waals surface area contributed by atoms with Gasteiger partial charge in [-0.15, -0.1) is 0 Å². The molecule has 0 unspecified atom stereocenters. The molecule has 5 nitrogen and oxygen atoms in total. The van der Waals surface area contributed by atoms with E-state index in [4.69, 9.17) is 9.84 Å². The number of hydrogen-bond acceptors (Lipinski definition) is 3. The fraction of sp³-hybridized carbons (Fsp3) is 0.889. The zero-order chi connectivity index (χ0) is 10.1. The molecule has 2 rings (SSSR count). The van der Waals surface area contributed by atoms with Crippen molar-refractivity contribution in [3.05, 3.63) is 0 Å². The number of morpholine rings is 1. The van der Waals surface area contributed by atoms with E-state index in [1.807, 2.05) is 7.05 Å². The summed E-state index contributed by atoms with van der Waals surface area (Å²) in [5, 5.41) is 12.3. The first-order valence-electron chi connectivity index (χ1n) is 4.98. The zero-order valence-corrected chi connectivity index (χ0v) is 8.27. The van der Waals surface area contributed by atoms with E-state index in [0.29, 0.717) is 19.3 Å². The van der Waals surface area contributed by atoms with E-state index in [9.17, 15) is 4.79 Å². The van der Waals surface area contributed by atoms with Crippen molar-refractivity contribution in [1.82, 2.24) is 10.2 Å². The molecule has 0 aliphatic carbocycles. The van der Waals surface area contributed by atoms with E-state index in [1.165, 1.54) is 0 Å². The van der Waals surface area contributed by atoms with Crippen LogP contribution in [0.2, 0.25) is 0 Å². The Morgan fingerprint density at radius 2 is 2.00 bits per heavy atom. The third kappa shape index (κ3) is 1.57. The Bertz CT molecular complexity index is 220. The van der Waals surface area contributed by atoms with Gasteiger partial charge in [0, 0.05) is 6.04 Å². The van der Waals surface area contributed by atoms with Gasteiger partial charge in [0.1, 0.15) is 0 Å². The average Bonchev–Trinajstić information content (AvgIpc) is 2.15. The number of rotatable bonds is 1. The van der Waals surface area contributed by atoms with Crippen LogP contribution in [0, 0.1) is 0 Å². The number of amides is 1. The van der Waals surface area contributed by atoms with Crippen molar-refractivity contribution >= 4 is 6.09 Å². The molecule has 5 heteroatoms. The van der Waals surface area contributed by atoms with Crippen molar-refractivity contribution in [3.63, 3.8) is 0 Å². The number of hydrogen-bond donors (Lipinski definition) is 2. The maximum Gasteiger partial charge on any atom is 0.407 e. The Hall–Kier alpha value is -0.810. The Labute approximate surface area is 83.0 Å². The van der Waals surface area contributed by atoms with E-state index < -0.39 is 6.09 Å². The Morgan fingerprint density at radius 3 is 2.43 bits per heavy atom. The van der Waals surface area contributed by atoms with Crippen LogP contribution in [0.5, 0.6) is 0 Å². The van der Waals surface area contributed by atoms with E-state index in [0.717, 1.165) is 12.8 Å². The summed E-state index contributed by atoms with van der Waals surface area (Å²) in [5.41, 5.74) is 0. The molecular weight excluding hydrogens is 184 g/mol. The van der Waals surface area contributed by atoms with Crippen LogP contribution in [-0.2, 0) is 4.74 Å². The zero-order valence-electron chi connectivity index (χ0n) is 8.27. The summed E-state index contributed by atoms with van der Waals surface area (Å²) in [6.07, 6.45) is 0.913. The first-order valence-corrected chi connectivity index (χ1v) is 4.98. The third-order valence-electron chi connectivity index (χ3n) is 3.15. The Balaban J connectivity index is 2.11. The largest absolute Gasteiger partial charge is 0.465 e. The highest BCUT2D eigenvalue weighted by molar-refractivity contribution is 5.66. The summed E-state index contributed by atoms with van der Waals surface area (Å²) < 4.78 is 5.38. The summed E-state index contributed by atoms with van der Waals surface area (Å²) in [7, 11) is 1.93. The molecule has 14 heavy (non-hydrogen) atoms. The lowest BCUT2D eigenvalue weighted by Crippen LogP contribution is -2.61. The number of fused-ring (bicyclic) bond motifs is 2. The lowest BCUT2D eigenvalue weighted by molar-refractivity contribution is -0.0663. The minimum Gasteiger partial charge on any atom is -0.465 e. The Morgan fingerprint density at radius 1 is 1.43 bits per heavy atom. The second-order valence-electron chi connectivity index (χ2n) is 3.99. The third-order valence-corrected chi connectivity index (χ3v) is 3.15. The smallest absolute Gasteiger partial charge is 0.407 e. The highest BCUT2D eigenvalue weighted by Gasteiger charge is 2.41. The van der Waals surface area contributed by atoms with Crippen LogP contribution >= 0.6 is 0 Å². The molecule has 0 aromatic heterocycles. The van der Waals surface area contributed by atoms with Gasteiger partial charge in [-0.1, -0.05) is 0 Å². The molecule has 2 saturated heterocycles. The standard InChI is InChI=1S/C9H16N2O3/c1-10-6-2-7-4-14-5-8(3-6)11(7)9(12)13/h6-8,10H,2-5H2,1H3,(H,12,13)/t6-,7-,8+. The van der Waals surface area contributed by atoms with Gasteiger partial charge in [0.15, 0.2) is 0 Å². The van der Waals surface area contributed by atoms with Crippen LogP contribution in [0.15, 0.2) is 0 Å². The minimum absolute atomic E-state index is 0.0393. The van der Waals surface area contributed by atoms with E-state index in [2.05, 4.69) is 5.32 Å². The molecule has 2 aliphatic rings. The minimum atomic E-state index is -0.808. The Kier molecular flexibility index (Phi) is 2.60. The predicted molar refractivity (Wildman–Crippen MR) is 50.3 cm³/mol. The van der Waals surface area contributed by atoms with Gasteiger partial charge in [-0.05, 0) is 19.9 Å². The van der Waals surface area contributed by atoms with Gasteiger partial charge in [0.2, 0.25) is 0 Å². The van der Waals surface area contributed by atoms with Crippen LogP contribution in [0.3, 0.4) is 0 Å². The van der Waals surface area contributed by atoms with Crippen molar-refractivity contribution in [2.45, 2.75) is 31.0 Å². The van der Waals surface area contributed by atoms with Crippen LogP contribution < -0.4 is 5.32 Å². The second kappa shape index (κ2) is 3.74. The molecule has 80 valence electrons. The number of ether oxygens (including phenoxy) is 1. The summed E-state index contributed by atoms with van der Waals surface area (Å²) in [4.78, 5) is 12.6. The summed E-state index contributed by atoms with van der Waals surface area (Å²) >= 11 is 0. The van der Waals surface area contributed by atoms with E-state index in [1.54, 1.807) is 4.90 Å². The topological polar surface area (TPSA) is 61.8 Å². The molecule has 0 spiro atoms. The monoisotopic (exact) mass is 200 g/mol. The fourth-order valence-electron chi connectivity index (χ4n) is 2.46. The molecule has 2 heterocycles. The molecule has 0 saturated carbocycles. The average molecular weight is 200 g/mol.